The molecule has 1 aliphatic heterocycles. The zero-order valence-corrected chi connectivity index (χ0v) is 21.1. The van der Waals surface area contributed by atoms with Crippen molar-refractivity contribution in [2.75, 3.05) is 25.6 Å². The van der Waals surface area contributed by atoms with E-state index in [-0.39, 0.29) is 5.54 Å². The first-order chi connectivity index (χ1) is 17.3. The van der Waals surface area contributed by atoms with Crippen molar-refractivity contribution in [1.29, 1.82) is 0 Å². The molecule has 1 saturated carbocycles. The van der Waals surface area contributed by atoms with E-state index in [1.807, 2.05) is 31.4 Å². The van der Waals surface area contributed by atoms with Crippen molar-refractivity contribution in [1.82, 2.24) is 15.3 Å². The molecule has 1 aromatic carbocycles. The normalized spacial score (nSPS) is 17.5. The van der Waals surface area contributed by atoms with Gasteiger partial charge in [-0.1, -0.05) is 31.4 Å². The molecule has 0 spiro atoms. The largest absolute Gasteiger partial charge is 0.417 e. The van der Waals surface area contributed by atoms with Crippen LogP contribution < -0.4 is 10.6 Å². The fraction of sp³-hybridized carbons (Fsp3) is 0.407. The predicted octanol–water partition coefficient (Wildman–Crippen LogP) is 6.33. The third kappa shape index (κ3) is 6.57. The zero-order valence-electron chi connectivity index (χ0n) is 20.2. The average molecular weight is 517 g/mol. The van der Waals surface area contributed by atoms with Gasteiger partial charge in [-0.05, 0) is 67.4 Å². The number of thiol groups is 1. The second kappa shape index (κ2) is 11.6. The number of aromatic nitrogens is 2. The van der Waals surface area contributed by atoms with Crippen molar-refractivity contribution >= 4 is 18.4 Å². The quantitative estimate of drug-likeness (QED) is 0.346. The van der Waals surface area contributed by atoms with Crippen LogP contribution in [0, 0.1) is 0 Å². The van der Waals surface area contributed by atoms with Gasteiger partial charge in [0.05, 0.1) is 24.5 Å². The topological polar surface area (TPSA) is 59.1 Å². The lowest BCUT2D eigenvalue weighted by atomic mass is 9.91. The number of nitrogens with zero attached hydrogens (tertiary/aromatic N) is 2. The monoisotopic (exact) mass is 516 g/mol. The molecule has 0 unspecified atom stereocenters. The van der Waals surface area contributed by atoms with Gasteiger partial charge in [-0.15, -0.1) is 12.6 Å². The van der Waals surface area contributed by atoms with Gasteiger partial charge in [0.25, 0.3) is 0 Å². The Bertz CT molecular complexity index is 1110. The predicted molar refractivity (Wildman–Crippen MR) is 138 cm³/mol. The summed E-state index contributed by atoms with van der Waals surface area (Å²) in [6.07, 6.45) is 4.18. The Hall–Kier alpha value is -2.62. The fourth-order valence-corrected chi connectivity index (χ4v) is 4.50. The Balaban J connectivity index is 0.000000170. The molecule has 3 heterocycles. The molecule has 0 amide bonds. The van der Waals surface area contributed by atoms with Gasteiger partial charge in [-0.3, -0.25) is 4.98 Å². The molecule has 2 fully saturated rings. The molecule has 0 radical (unpaired) electrons. The molecule has 5 rings (SSSR count). The van der Waals surface area contributed by atoms with Crippen molar-refractivity contribution < 1.29 is 17.9 Å². The molecular formula is C27H31F3N4OS. The number of pyridine rings is 2. The van der Waals surface area contributed by atoms with E-state index in [4.69, 9.17) is 4.74 Å². The SMILES string of the molecule is CNC1(c2cc(-c3ccc(S)cc3)ccn2)COC1.FC(F)(F)c1ccc(NC2CCCCC2)nc1. The number of hydrogen-bond donors (Lipinski definition) is 3. The first-order valence-corrected chi connectivity index (χ1v) is 12.6. The van der Waals surface area contributed by atoms with Crippen molar-refractivity contribution in [3.8, 4) is 11.1 Å². The summed E-state index contributed by atoms with van der Waals surface area (Å²) in [6, 6.07) is 15.1. The Morgan fingerprint density at radius 2 is 1.67 bits per heavy atom. The summed E-state index contributed by atoms with van der Waals surface area (Å²) in [4.78, 5) is 9.27. The first kappa shape index (κ1) is 26.4. The molecule has 2 aliphatic rings. The molecule has 9 heteroatoms. The van der Waals surface area contributed by atoms with Crippen molar-refractivity contribution in [2.45, 2.75) is 54.8 Å². The number of halogens is 3. The minimum atomic E-state index is -4.31. The molecule has 1 aliphatic carbocycles. The van der Waals surface area contributed by atoms with Gasteiger partial charge in [0.1, 0.15) is 11.4 Å². The van der Waals surface area contributed by atoms with Gasteiger partial charge in [-0.2, -0.15) is 13.2 Å². The average Bonchev–Trinajstić information content (AvgIpc) is 2.85. The van der Waals surface area contributed by atoms with Gasteiger partial charge in [0.2, 0.25) is 0 Å². The zero-order chi connectivity index (χ0) is 25.6. The summed E-state index contributed by atoms with van der Waals surface area (Å²) in [5.41, 5.74) is 2.55. The van der Waals surface area contributed by atoms with Crippen LogP contribution in [-0.4, -0.2) is 36.3 Å². The standard InChI is InChI=1S/C15H16N2OS.C12H15F3N2/c1-16-15(9-18-10-15)14-8-12(6-7-17-14)11-2-4-13(19)5-3-11;13-12(14,15)9-6-7-11(16-8-9)17-10-4-2-1-3-5-10/h2-8,16,19H,9-10H2,1H3;6-8,10H,1-5H2,(H,16,17). The van der Waals surface area contributed by atoms with Gasteiger partial charge in [0, 0.05) is 23.3 Å². The van der Waals surface area contributed by atoms with Crippen LogP contribution >= 0.6 is 12.6 Å². The highest BCUT2D eigenvalue weighted by atomic mass is 32.1. The van der Waals surface area contributed by atoms with Gasteiger partial charge in [-0.25, -0.2) is 4.98 Å². The third-order valence-electron chi connectivity index (χ3n) is 6.67. The minimum absolute atomic E-state index is 0.125. The van der Waals surface area contributed by atoms with E-state index in [0.717, 1.165) is 35.7 Å². The Labute approximate surface area is 215 Å². The van der Waals surface area contributed by atoms with Crippen molar-refractivity contribution in [2.24, 2.45) is 0 Å². The van der Waals surface area contributed by atoms with Gasteiger partial charge < -0.3 is 15.4 Å². The van der Waals surface area contributed by atoms with E-state index in [9.17, 15) is 13.2 Å². The summed E-state index contributed by atoms with van der Waals surface area (Å²) in [7, 11) is 1.95. The maximum absolute atomic E-state index is 12.3. The molecule has 2 N–H and O–H groups in total. The maximum atomic E-state index is 12.3. The molecule has 0 bridgehead atoms. The van der Waals surface area contributed by atoms with Crippen LogP contribution in [0.3, 0.4) is 0 Å². The third-order valence-corrected chi connectivity index (χ3v) is 6.97. The van der Waals surface area contributed by atoms with Crippen LogP contribution in [0.1, 0.15) is 43.4 Å². The smallest absolute Gasteiger partial charge is 0.377 e. The number of benzene rings is 1. The number of nitrogens with one attached hydrogen (secondary N) is 2. The van der Waals surface area contributed by atoms with Crippen molar-refractivity contribution in [3.63, 3.8) is 0 Å². The molecule has 1 saturated heterocycles. The lowest BCUT2D eigenvalue weighted by molar-refractivity contribution is -0.137. The molecule has 192 valence electrons. The number of anilines is 1. The Morgan fingerprint density at radius 1 is 0.944 bits per heavy atom. The molecule has 5 nitrogen and oxygen atoms in total. The highest BCUT2D eigenvalue weighted by molar-refractivity contribution is 7.80. The van der Waals surface area contributed by atoms with E-state index < -0.39 is 11.7 Å². The molecule has 36 heavy (non-hydrogen) atoms. The number of likely N-dealkylation sites (N-methyl/N-ethyl adjacent to an activating group) is 1. The summed E-state index contributed by atoms with van der Waals surface area (Å²) >= 11 is 4.31. The molecule has 2 aromatic heterocycles. The van der Waals surface area contributed by atoms with Crippen LogP contribution in [-0.2, 0) is 16.5 Å². The summed E-state index contributed by atoms with van der Waals surface area (Å²) in [6.45, 7) is 1.35. The van der Waals surface area contributed by atoms with E-state index >= 15 is 0 Å². The van der Waals surface area contributed by atoms with Crippen LogP contribution in [0.5, 0.6) is 0 Å². The van der Waals surface area contributed by atoms with Crippen LogP contribution in [0.4, 0.5) is 19.0 Å². The summed E-state index contributed by atoms with van der Waals surface area (Å²) < 4.78 is 42.3. The van der Waals surface area contributed by atoms with E-state index in [0.29, 0.717) is 25.1 Å². The molecular weight excluding hydrogens is 485 g/mol. The van der Waals surface area contributed by atoms with E-state index in [2.05, 4.69) is 51.4 Å². The van der Waals surface area contributed by atoms with Crippen LogP contribution in [0.2, 0.25) is 0 Å². The number of hydrogen-bond acceptors (Lipinski definition) is 6. The first-order valence-electron chi connectivity index (χ1n) is 12.1. The van der Waals surface area contributed by atoms with Crippen LogP contribution in [0.25, 0.3) is 11.1 Å². The maximum Gasteiger partial charge on any atom is 0.417 e. The summed E-state index contributed by atoms with van der Waals surface area (Å²) in [5, 5.41) is 6.50. The summed E-state index contributed by atoms with van der Waals surface area (Å²) in [5.74, 6) is 0.532. The number of rotatable bonds is 5. The fourth-order valence-electron chi connectivity index (χ4n) is 4.36. The highest BCUT2D eigenvalue weighted by Gasteiger charge is 2.40. The number of ether oxygens (including phenoxy) is 1. The van der Waals surface area contributed by atoms with Gasteiger partial charge >= 0.3 is 6.18 Å². The van der Waals surface area contributed by atoms with Crippen molar-refractivity contribution in [3.05, 3.63) is 72.2 Å². The minimum Gasteiger partial charge on any atom is -0.377 e. The second-order valence-corrected chi connectivity index (χ2v) is 9.73. The molecule has 0 atom stereocenters. The molecule has 3 aromatic rings. The van der Waals surface area contributed by atoms with E-state index in [1.165, 1.54) is 36.5 Å². The Morgan fingerprint density at radius 3 is 2.22 bits per heavy atom. The van der Waals surface area contributed by atoms with E-state index in [1.54, 1.807) is 0 Å². The lowest BCUT2D eigenvalue weighted by Crippen LogP contribution is -2.56. The lowest BCUT2D eigenvalue weighted by Gasteiger charge is -2.40. The number of alkyl halides is 3. The highest BCUT2D eigenvalue weighted by Crippen LogP contribution is 2.31. The Kier molecular flexibility index (Phi) is 8.54. The van der Waals surface area contributed by atoms with Gasteiger partial charge in [0.15, 0.2) is 0 Å². The van der Waals surface area contributed by atoms with Crippen LogP contribution in [0.15, 0.2) is 65.8 Å². The second-order valence-electron chi connectivity index (χ2n) is 9.21.